The van der Waals surface area contributed by atoms with Crippen molar-refractivity contribution in [3.8, 4) is 0 Å². The average Bonchev–Trinajstić information content (AvgIpc) is 3.08. The van der Waals surface area contributed by atoms with Gasteiger partial charge in [0.25, 0.3) is 0 Å². The van der Waals surface area contributed by atoms with E-state index < -0.39 is 0 Å². The molecule has 1 saturated carbocycles. The average molecular weight is 284 g/mol. The van der Waals surface area contributed by atoms with Gasteiger partial charge < -0.3 is 0 Å². The number of aromatic amines is 2. The van der Waals surface area contributed by atoms with E-state index in [1.165, 1.54) is 23.5 Å². The summed E-state index contributed by atoms with van der Waals surface area (Å²) in [6.07, 6.45) is 1.60. The SMILES string of the molecule is O=C1C(Sc2nn[nH]n2)CCC1Sc1nn[nH]n1. The second kappa shape index (κ2) is 5.02. The third kappa shape index (κ3) is 2.36. The lowest BCUT2D eigenvalue weighted by Gasteiger charge is -2.05. The number of H-pyrrole nitrogens is 2. The minimum absolute atomic E-state index is 0.119. The molecule has 2 atom stereocenters. The number of carbonyl (C=O) groups is 1. The van der Waals surface area contributed by atoms with Crippen LogP contribution in [0.2, 0.25) is 0 Å². The molecule has 0 saturated heterocycles. The van der Waals surface area contributed by atoms with E-state index in [1.807, 2.05) is 0 Å². The van der Waals surface area contributed by atoms with Crippen LogP contribution >= 0.6 is 23.5 Å². The van der Waals surface area contributed by atoms with Crippen LogP contribution in [0.15, 0.2) is 10.3 Å². The monoisotopic (exact) mass is 284 g/mol. The van der Waals surface area contributed by atoms with Gasteiger partial charge in [0.2, 0.25) is 10.3 Å². The number of hydrogen-bond donors (Lipinski definition) is 2. The van der Waals surface area contributed by atoms with Crippen LogP contribution in [0.4, 0.5) is 0 Å². The Morgan fingerprint density at radius 2 is 1.44 bits per heavy atom. The van der Waals surface area contributed by atoms with Crippen molar-refractivity contribution in [2.75, 3.05) is 0 Å². The van der Waals surface area contributed by atoms with E-state index in [2.05, 4.69) is 41.2 Å². The second-order valence-electron chi connectivity index (χ2n) is 3.58. The fourth-order valence-corrected chi connectivity index (χ4v) is 3.71. The molecule has 2 unspecified atom stereocenters. The van der Waals surface area contributed by atoms with Crippen LogP contribution in [-0.4, -0.2) is 57.5 Å². The number of nitrogens with one attached hydrogen (secondary N) is 2. The standard InChI is InChI=1S/C7H8N8OS2/c16-5-3(17-6-8-12-13-9-6)1-2-4(5)18-7-10-14-15-11-7/h3-4H,1-2H2,(H,8,9,12,13)(H,10,11,14,15). The molecule has 11 heteroatoms. The highest BCUT2D eigenvalue weighted by atomic mass is 32.2. The molecule has 2 aromatic heterocycles. The van der Waals surface area contributed by atoms with Crippen molar-refractivity contribution in [1.82, 2.24) is 41.2 Å². The molecule has 9 nitrogen and oxygen atoms in total. The van der Waals surface area contributed by atoms with Crippen molar-refractivity contribution in [2.24, 2.45) is 0 Å². The number of nitrogens with zero attached hydrogens (tertiary/aromatic N) is 6. The van der Waals surface area contributed by atoms with Gasteiger partial charge >= 0.3 is 0 Å². The van der Waals surface area contributed by atoms with Crippen LogP contribution in [0.1, 0.15) is 12.8 Å². The molecule has 0 aromatic carbocycles. The van der Waals surface area contributed by atoms with Gasteiger partial charge in [0, 0.05) is 0 Å². The first-order chi connectivity index (χ1) is 8.83. The zero-order chi connectivity index (χ0) is 12.4. The first kappa shape index (κ1) is 11.6. The maximum absolute atomic E-state index is 12.1. The van der Waals surface area contributed by atoms with Crippen molar-refractivity contribution in [2.45, 2.75) is 33.7 Å². The van der Waals surface area contributed by atoms with Gasteiger partial charge in [-0.25, -0.2) is 0 Å². The molecule has 0 aliphatic heterocycles. The van der Waals surface area contributed by atoms with Crippen molar-refractivity contribution in [3.05, 3.63) is 0 Å². The van der Waals surface area contributed by atoms with E-state index in [4.69, 9.17) is 0 Å². The molecule has 94 valence electrons. The van der Waals surface area contributed by atoms with Crippen LogP contribution in [0.3, 0.4) is 0 Å². The first-order valence-corrected chi connectivity index (χ1v) is 6.93. The van der Waals surface area contributed by atoms with Gasteiger partial charge in [0.05, 0.1) is 10.5 Å². The van der Waals surface area contributed by atoms with Crippen LogP contribution in [0.25, 0.3) is 0 Å². The van der Waals surface area contributed by atoms with Crippen LogP contribution in [0.5, 0.6) is 0 Å². The second-order valence-corrected chi connectivity index (χ2v) is 5.92. The largest absolute Gasteiger partial charge is 0.297 e. The molecule has 1 aliphatic rings. The summed E-state index contributed by atoms with van der Waals surface area (Å²) in [4.78, 5) is 12.1. The number of rotatable bonds is 4. The lowest BCUT2D eigenvalue weighted by atomic mass is 10.3. The third-order valence-corrected chi connectivity index (χ3v) is 4.75. The van der Waals surface area contributed by atoms with Crippen molar-refractivity contribution < 1.29 is 4.79 Å². The lowest BCUT2D eigenvalue weighted by Crippen LogP contribution is -2.18. The number of aromatic nitrogens is 8. The van der Waals surface area contributed by atoms with Crippen LogP contribution in [0, 0.1) is 0 Å². The summed E-state index contributed by atoms with van der Waals surface area (Å²) in [7, 11) is 0. The van der Waals surface area contributed by atoms with Crippen molar-refractivity contribution >= 4 is 29.3 Å². The Bertz CT molecular complexity index is 467. The molecule has 0 radical (unpaired) electrons. The molecular weight excluding hydrogens is 276 g/mol. The van der Waals surface area contributed by atoms with Crippen molar-refractivity contribution in [1.29, 1.82) is 0 Å². The van der Waals surface area contributed by atoms with Crippen LogP contribution in [-0.2, 0) is 4.79 Å². The van der Waals surface area contributed by atoms with E-state index in [1.54, 1.807) is 0 Å². The van der Waals surface area contributed by atoms with E-state index in [9.17, 15) is 4.79 Å². The summed E-state index contributed by atoms with van der Waals surface area (Å²) in [5.74, 6) is 0.166. The minimum atomic E-state index is -0.119. The highest BCUT2D eigenvalue weighted by Gasteiger charge is 2.37. The predicted molar refractivity (Wildman–Crippen MR) is 61.9 cm³/mol. The van der Waals surface area contributed by atoms with Crippen molar-refractivity contribution in [3.63, 3.8) is 0 Å². The number of hydrogen-bond acceptors (Lipinski definition) is 9. The number of ketones is 1. The topological polar surface area (TPSA) is 126 Å². The molecule has 0 spiro atoms. The molecule has 3 rings (SSSR count). The Labute approximate surface area is 109 Å². The molecular formula is C7H8N8OS2. The minimum Gasteiger partial charge on any atom is -0.297 e. The predicted octanol–water partition coefficient (Wildman–Crippen LogP) is -0.303. The maximum Gasteiger partial charge on any atom is 0.231 e. The molecule has 18 heavy (non-hydrogen) atoms. The molecule has 0 bridgehead atoms. The van der Waals surface area contributed by atoms with E-state index >= 15 is 0 Å². The maximum atomic E-state index is 12.1. The summed E-state index contributed by atoms with van der Waals surface area (Å²) >= 11 is 2.68. The smallest absolute Gasteiger partial charge is 0.231 e. The highest BCUT2D eigenvalue weighted by molar-refractivity contribution is 8.02. The van der Waals surface area contributed by atoms with E-state index in [0.717, 1.165) is 12.8 Å². The molecule has 0 amide bonds. The zero-order valence-electron chi connectivity index (χ0n) is 8.98. The summed E-state index contributed by atoms with van der Waals surface area (Å²) < 4.78 is 0. The quantitative estimate of drug-likeness (QED) is 0.777. The lowest BCUT2D eigenvalue weighted by molar-refractivity contribution is -0.116. The normalized spacial score (nSPS) is 23.7. The molecule has 1 fully saturated rings. The Kier molecular flexibility index (Phi) is 3.23. The molecule has 2 aromatic rings. The fraction of sp³-hybridized carbons (Fsp3) is 0.571. The fourth-order valence-electron chi connectivity index (χ4n) is 1.69. The first-order valence-electron chi connectivity index (χ1n) is 5.17. The summed E-state index contributed by atoms with van der Waals surface area (Å²) in [6, 6.07) is 0. The van der Waals surface area contributed by atoms with Gasteiger partial charge in [0.1, 0.15) is 0 Å². The van der Waals surface area contributed by atoms with Gasteiger partial charge in [-0.15, -0.1) is 20.4 Å². The Morgan fingerprint density at radius 3 is 1.83 bits per heavy atom. The van der Waals surface area contributed by atoms with Gasteiger partial charge in [-0.2, -0.15) is 10.4 Å². The highest BCUT2D eigenvalue weighted by Crippen LogP contribution is 2.37. The number of carbonyl (C=O) groups excluding carboxylic acids is 1. The number of thioether (sulfide) groups is 2. The Balaban J connectivity index is 1.62. The third-order valence-electron chi connectivity index (χ3n) is 2.47. The van der Waals surface area contributed by atoms with Gasteiger partial charge in [0.15, 0.2) is 5.78 Å². The summed E-state index contributed by atoms with van der Waals surface area (Å²) in [5, 5.41) is 27.7. The number of tetrazole rings is 2. The van der Waals surface area contributed by atoms with E-state index in [-0.39, 0.29) is 16.3 Å². The Morgan fingerprint density at radius 1 is 0.944 bits per heavy atom. The van der Waals surface area contributed by atoms with E-state index in [0.29, 0.717) is 10.3 Å². The number of Topliss-reactive ketones (excluding diaryl/α,β-unsaturated/α-hetero) is 1. The van der Waals surface area contributed by atoms with Gasteiger partial charge in [-0.1, -0.05) is 23.5 Å². The zero-order valence-corrected chi connectivity index (χ0v) is 10.6. The molecule has 1 aliphatic carbocycles. The summed E-state index contributed by atoms with van der Waals surface area (Å²) in [6.45, 7) is 0. The Hall–Kier alpha value is -1.49. The molecule has 2 N–H and O–H groups in total. The van der Waals surface area contributed by atoms with Crippen LogP contribution < -0.4 is 0 Å². The molecule has 2 heterocycles. The van der Waals surface area contributed by atoms with Gasteiger partial charge in [-0.05, 0) is 23.3 Å². The summed E-state index contributed by atoms with van der Waals surface area (Å²) in [5.41, 5.74) is 0. The van der Waals surface area contributed by atoms with Gasteiger partial charge in [-0.3, -0.25) is 4.79 Å².